The number of para-hydroxylation sites is 1. The topological polar surface area (TPSA) is 34.9 Å². The van der Waals surface area contributed by atoms with Crippen LogP contribution < -0.4 is 0 Å². The Labute approximate surface area is 113 Å². The zero-order valence-corrected chi connectivity index (χ0v) is 11.6. The third-order valence-electron chi connectivity index (χ3n) is 4.45. The van der Waals surface area contributed by atoms with Gasteiger partial charge in [-0.25, -0.2) is 0 Å². The summed E-state index contributed by atoms with van der Waals surface area (Å²) in [5.41, 5.74) is 2.03. The highest BCUT2D eigenvalue weighted by Gasteiger charge is 2.30. The molecule has 1 heterocycles. The number of carbonyl (C=O) groups is 1. The van der Waals surface area contributed by atoms with E-state index in [1.807, 2.05) is 23.9 Å². The molecule has 1 aromatic carbocycles. The Hall–Kier alpha value is -1.64. The summed E-state index contributed by atoms with van der Waals surface area (Å²) in [6, 6.07) is 8.13. The van der Waals surface area contributed by atoms with Gasteiger partial charge in [-0.15, -0.1) is 0 Å². The Kier molecular flexibility index (Phi) is 3.13. The van der Waals surface area contributed by atoms with Crippen LogP contribution in [0, 0.1) is 11.8 Å². The Morgan fingerprint density at radius 3 is 2.89 bits per heavy atom. The Morgan fingerprint density at radius 2 is 2.16 bits per heavy atom. The van der Waals surface area contributed by atoms with Gasteiger partial charge < -0.3 is 0 Å². The first kappa shape index (κ1) is 12.4. The van der Waals surface area contributed by atoms with Gasteiger partial charge in [0.1, 0.15) is 5.78 Å². The van der Waals surface area contributed by atoms with Crippen molar-refractivity contribution < 1.29 is 4.79 Å². The van der Waals surface area contributed by atoms with Crippen LogP contribution in [-0.4, -0.2) is 15.6 Å². The number of ketones is 1. The van der Waals surface area contributed by atoms with Crippen molar-refractivity contribution in [1.82, 2.24) is 9.78 Å². The molecule has 0 amide bonds. The molecule has 1 aliphatic carbocycles. The Bertz CT molecular complexity index is 614. The normalized spacial score (nSPS) is 23.1. The molecule has 19 heavy (non-hydrogen) atoms. The second kappa shape index (κ2) is 4.80. The molecule has 0 aliphatic heterocycles. The lowest BCUT2D eigenvalue weighted by Gasteiger charge is -2.12. The van der Waals surface area contributed by atoms with E-state index in [0.717, 1.165) is 23.0 Å². The van der Waals surface area contributed by atoms with Gasteiger partial charge in [-0.2, -0.15) is 5.10 Å². The molecule has 3 heteroatoms. The molecule has 100 valence electrons. The minimum absolute atomic E-state index is 0.251. The van der Waals surface area contributed by atoms with Gasteiger partial charge in [0.2, 0.25) is 0 Å². The molecular formula is C16H20N2O. The first-order valence-corrected chi connectivity index (χ1v) is 7.10. The molecule has 2 aromatic rings. The number of Topliss-reactive ketones (excluding diaryl/α,β-unsaturated/α-hetero) is 1. The highest BCUT2D eigenvalue weighted by Crippen LogP contribution is 2.33. The molecule has 3 rings (SSSR count). The number of benzene rings is 1. The zero-order chi connectivity index (χ0) is 13.4. The van der Waals surface area contributed by atoms with E-state index in [4.69, 9.17) is 0 Å². The Balaban J connectivity index is 1.87. The molecule has 0 bridgehead atoms. The highest BCUT2D eigenvalue weighted by atomic mass is 16.1. The number of hydrogen-bond donors (Lipinski definition) is 0. The van der Waals surface area contributed by atoms with E-state index in [0.29, 0.717) is 18.1 Å². The van der Waals surface area contributed by atoms with Crippen molar-refractivity contribution in [3.8, 4) is 0 Å². The largest absolute Gasteiger partial charge is 0.299 e. The van der Waals surface area contributed by atoms with E-state index in [1.165, 1.54) is 12.8 Å². The van der Waals surface area contributed by atoms with Crippen molar-refractivity contribution in [1.29, 1.82) is 0 Å². The van der Waals surface area contributed by atoms with Crippen molar-refractivity contribution in [3.05, 3.63) is 30.0 Å². The van der Waals surface area contributed by atoms with Gasteiger partial charge >= 0.3 is 0 Å². The van der Waals surface area contributed by atoms with Crippen LogP contribution in [0.5, 0.6) is 0 Å². The van der Waals surface area contributed by atoms with E-state index in [-0.39, 0.29) is 5.92 Å². The van der Waals surface area contributed by atoms with Gasteiger partial charge in [-0.3, -0.25) is 9.48 Å². The molecular weight excluding hydrogens is 236 g/mol. The summed E-state index contributed by atoms with van der Waals surface area (Å²) in [6.45, 7) is 2.20. The molecule has 0 radical (unpaired) electrons. The summed E-state index contributed by atoms with van der Waals surface area (Å²) in [6.07, 6.45) is 3.93. The summed E-state index contributed by atoms with van der Waals surface area (Å²) in [7, 11) is 1.94. The molecule has 3 nitrogen and oxygen atoms in total. The molecule has 0 spiro atoms. The molecule has 1 aliphatic rings. The average Bonchev–Trinajstić information content (AvgIpc) is 2.95. The number of aryl methyl sites for hydroxylation is 1. The highest BCUT2D eigenvalue weighted by molar-refractivity contribution is 5.89. The van der Waals surface area contributed by atoms with E-state index in [1.54, 1.807) is 0 Å². The van der Waals surface area contributed by atoms with Crippen LogP contribution in [0.25, 0.3) is 10.9 Å². The summed E-state index contributed by atoms with van der Waals surface area (Å²) >= 11 is 0. The van der Waals surface area contributed by atoms with Gasteiger partial charge in [0, 0.05) is 18.4 Å². The first-order valence-electron chi connectivity index (χ1n) is 7.10. The fourth-order valence-electron chi connectivity index (χ4n) is 3.34. The van der Waals surface area contributed by atoms with Crippen LogP contribution in [0.3, 0.4) is 0 Å². The number of nitrogens with zero attached hydrogens (tertiary/aromatic N) is 2. The average molecular weight is 256 g/mol. The summed E-state index contributed by atoms with van der Waals surface area (Å²) in [4.78, 5) is 12.4. The molecule has 1 aromatic heterocycles. The monoisotopic (exact) mass is 256 g/mol. The quantitative estimate of drug-likeness (QED) is 0.845. The van der Waals surface area contributed by atoms with Crippen LogP contribution in [0.2, 0.25) is 0 Å². The number of carbonyl (C=O) groups excluding carboxylic acids is 1. The van der Waals surface area contributed by atoms with Crippen molar-refractivity contribution in [2.24, 2.45) is 18.9 Å². The smallest absolute Gasteiger partial charge is 0.142 e. The van der Waals surface area contributed by atoms with E-state index >= 15 is 0 Å². The minimum atomic E-state index is 0.251. The fraction of sp³-hybridized carbons (Fsp3) is 0.500. The van der Waals surface area contributed by atoms with Gasteiger partial charge in [-0.05, 0) is 24.8 Å². The number of rotatable bonds is 3. The molecule has 1 saturated carbocycles. The minimum Gasteiger partial charge on any atom is -0.299 e. The van der Waals surface area contributed by atoms with Gasteiger partial charge in [-0.1, -0.05) is 31.5 Å². The maximum Gasteiger partial charge on any atom is 0.142 e. The van der Waals surface area contributed by atoms with E-state index < -0.39 is 0 Å². The number of aromatic nitrogens is 2. The zero-order valence-electron chi connectivity index (χ0n) is 11.6. The van der Waals surface area contributed by atoms with Crippen LogP contribution >= 0.6 is 0 Å². The molecule has 0 saturated heterocycles. The maximum atomic E-state index is 12.4. The lowest BCUT2D eigenvalue weighted by atomic mass is 9.91. The number of hydrogen-bond acceptors (Lipinski definition) is 2. The van der Waals surface area contributed by atoms with Crippen LogP contribution in [0.4, 0.5) is 0 Å². The van der Waals surface area contributed by atoms with Gasteiger partial charge in [0.25, 0.3) is 0 Å². The first-order chi connectivity index (χ1) is 9.16. The molecule has 0 N–H and O–H groups in total. The lowest BCUT2D eigenvalue weighted by molar-refractivity contribution is -0.123. The summed E-state index contributed by atoms with van der Waals surface area (Å²) in [5.74, 6) is 1.16. The van der Waals surface area contributed by atoms with Crippen molar-refractivity contribution in [3.63, 3.8) is 0 Å². The number of fused-ring (bicyclic) bond motifs is 1. The molecule has 1 fully saturated rings. The standard InChI is InChI=1S/C16H20N2O/c1-11-6-5-8-12(11)16(19)10-14-13-7-3-4-9-15(13)18(2)17-14/h3-4,7,9,11-12H,5-6,8,10H2,1-2H3. The summed E-state index contributed by atoms with van der Waals surface area (Å²) in [5, 5.41) is 5.64. The van der Waals surface area contributed by atoms with E-state index in [9.17, 15) is 4.79 Å². The van der Waals surface area contributed by atoms with Gasteiger partial charge in [0.15, 0.2) is 0 Å². The maximum absolute atomic E-state index is 12.4. The fourth-order valence-corrected chi connectivity index (χ4v) is 3.34. The van der Waals surface area contributed by atoms with E-state index in [2.05, 4.69) is 24.2 Å². The van der Waals surface area contributed by atoms with Crippen LogP contribution in [-0.2, 0) is 18.3 Å². The second-order valence-electron chi connectivity index (χ2n) is 5.75. The van der Waals surface area contributed by atoms with Crippen LogP contribution in [0.15, 0.2) is 24.3 Å². The second-order valence-corrected chi connectivity index (χ2v) is 5.75. The van der Waals surface area contributed by atoms with Crippen molar-refractivity contribution >= 4 is 16.7 Å². The van der Waals surface area contributed by atoms with Crippen molar-refractivity contribution in [2.75, 3.05) is 0 Å². The predicted molar refractivity (Wildman–Crippen MR) is 75.9 cm³/mol. The lowest BCUT2D eigenvalue weighted by Crippen LogP contribution is -2.19. The molecule has 2 unspecified atom stereocenters. The SMILES string of the molecule is CC1CCCC1C(=O)Cc1nn(C)c2ccccc12. The predicted octanol–water partition coefficient (Wildman–Crippen LogP) is 3.12. The third kappa shape index (κ3) is 2.18. The Morgan fingerprint density at radius 1 is 1.37 bits per heavy atom. The van der Waals surface area contributed by atoms with Gasteiger partial charge in [0.05, 0.1) is 17.6 Å². The summed E-state index contributed by atoms with van der Waals surface area (Å²) < 4.78 is 1.87. The van der Waals surface area contributed by atoms with Crippen LogP contribution in [0.1, 0.15) is 31.9 Å². The molecule has 2 atom stereocenters. The van der Waals surface area contributed by atoms with Crippen molar-refractivity contribution in [2.45, 2.75) is 32.6 Å². The third-order valence-corrected chi connectivity index (χ3v) is 4.45.